The molecule has 2 heterocycles. The van der Waals surface area contributed by atoms with Crippen LogP contribution in [-0.4, -0.2) is 36.2 Å². The molecule has 24 heavy (non-hydrogen) atoms. The van der Waals surface area contributed by atoms with Crippen LogP contribution in [0.5, 0.6) is 0 Å². The monoisotopic (exact) mass is 324 g/mol. The Kier molecular flexibility index (Phi) is 4.08. The van der Waals surface area contributed by atoms with E-state index in [0.29, 0.717) is 0 Å². The second kappa shape index (κ2) is 6.38. The molecule has 1 N–H and O–H groups in total. The minimum absolute atomic E-state index is 0.102. The van der Waals surface area contributed by atoms with Gasteiger partial charge in [-0.05, 0) is 35.7 Å². The molecule has 1 aliphatic heterocycles. The highest BCUT2D eigenvalue weighted by molar-refractivity contribution is 5.86. The highest BCUT2D eigenvalue weighted by Gasteiger charge is 2.26. The van der Waals surface area contributed by atoms with Gasteiger partial charge < -0.3 is 9.72 Å². The van der Waals surface area contributed by atoms with E-state index in [2.05, 4.69) is 41.2 Å². The summed E-state index contributed by atoms with van der Waals surface area (Å²) in [5.74, 6) is -0.200. The zero-order valence-corrected chi connectivity index (χ0v) is 13.8. The number of nitrogens with zero attached hydrogens (tertiary/aromatic N) is 1. The third-order valence-electron chi connectivity index (χ3n) is 4.85. The van der Waals surface area contributed by atoms with E-state index < -0.39 is 0 Å². The number of aryl methyl sites for hydroxylation is 1. The first-order chi connectivity index (χ1) is 11.7. The summed E-state index contributed by atoms with van der Waals surface area (Å²) in [6.07, 6.45) is 2.10. The van der Waals surface area contributed by atoms with E-state index in [9.17, 15) is 4.39 Å². The van der Waals surface area contributed by atoms with Crippen LogP contribution >= 0.6 is 0 Å². The van der Waals surface area contributed by atoms with E-state index in [0.717, 1.165) is 31.9 Å². The molecule has 1 fully saturated rings. The Morgan fingerprint density at radius 3 is 2.58 bits per heavy atom. The van der Waals surface area contributed by atoms with E-state index in [4.69, 9.17) is 4.74 Å². The van der Waals surface area contributed by atoms with Crippen molar-refractivity contribution in [2.45, 2.75) is 13.0 Å². The molecule has 0 spiro atoms. The third kappa shape index (κ3) is 2.72. The van der Waals surface area contributed by atoms with Crippen LogP contribution in [0.3, 0.4) is 0 Å². The summed E-state index contributed by atoms with van der Waals surface area (Å²) in [5, 5.41) is 1.23. The number of halogens is 1. The molecule has 3 aromatic rings. The van der Waals surface area contributed by atoms with Gasteiger partial charge in [-0.25, -0.2) is 4.39 Å². The summed E-state index contributed by atoms with van der Waals surface area (Å²) in [6.45, 7) is 5.34. The Balaban J connectivity index is 1.84. The first kappa shape index (κ1) is 15.4. The number of benzene rings is 2. The SMILES string of the molecule is Cc1cccc2c(C(c3ccc(F)cc3)N3CCOCC3)c[nH]c12. The first-order valence-corrected chi connectivity index (χ1v) is 8.38. The fourth-order valence-corrected chi connectivity index (χ4v) is 3.62. The summed E-state index contributed by atoms with van der Waals surface area (Å²) in [6, 6.07) is 13.3. The molecule has 0 saturated carbocycles. The minimum atomic E-state index is -0.200. The maximum absolute atomic E-state index is 13.4. The number of hydrogen-bond acceptors (Lipinski definition) is 2. The molecule has 1 atom stereocenters. The Hall–Kier alpha value is -2.17. The minimum Gasteiger partial charge on any atom is -0.379 e. The number of ether oxygens (including phenoxy) is 1. The molecule has 2 aromatic carbocycles. The zero-order chi connectivity index (χ0) is 16.5. The summed E-state index contributed by atoms with van der Waals surface area (Å²) in [7, 11) is 0. The molecule has 0 amide bonds. The maximum atomic E-state index is 13.4. The van der Waals surface area contributed by atoms with E-state index in [1.165, 1.54) is 22.0 Å². The molecule has 1 unspecified atom stereocenters. The number of rotatable bonds is 3. The summed E-state index contributed by atoms with van der Waals surface area (Å²) in [4.78, 5) is 5.84. The van der Waals surface area contributed by atoms with Gasteiger partial charge in [0.2, 0.25) is 0 Å². The fourth-order valence-electron chi connectivity index (χ4n) is 3.62. The number of hydrogen-bond donors (Lipinski definition) is 1. The molecule has 0 radical (unpaired) electrons. The van der Waals surface area contributed by atoms with Crippen LogP contribution in [0.2, 0.25) is 0 Å². The zero-order valence-electron chi connectivity index (χ0n) is 13.8. The molecule has 1 saturated heterocycles. The summed E-state index contributed by atoms with van der Waals surface area (Å²) < 4.78 is 18.9. The third-order valence-corrected chi connectivity index (χ3v) is 4.85. The lowest BCUT2D eigenvalue weighted by Crippen LogP contribution is -2.39. The lowest BCUT2D eigenvalue weighted by molar-refractivity contribution is 0.0242. The number of morpholine rings is 1. The molecule has 4 rings (SSSR count). The van der Waals surface area contributed by atoms with Crippen molar-refractivity contribution in [3.63, 3.8) is 0 Å². The molecule has 3 nitrogen and oxygen atoms in total. The number of para-hydroxylation sites is 1. The van der Waals surface area contributed by atoms with Gasteiger partial charge >= 0.3 is 0 Å². The van der Waals surface area contributed by atoms with Crippen LogP contribution in [0.1, 0.15) is 22.7 Å². The number of aromatic amines is 1. The van der Waals surface area contributed by atoms with Crippen molar-refractivity contribution < 1.29 is 9.13 Å². The van der Waals surface area contributed by atoms with Gasteiger partial charge in [-0.1, -0.05) is 30.3 Å². The average molecular weight is 324 g/mol. The summed E-state index contributed by atoms with van der Waals surface area (Å²) >= 11 is 0. The van der Waals surface area contributed by atoms with Crippen LogP contribution < -0.4 is 0 Å². The topological polar surface area (TPSA) is 28.3 Å². The molecule has 1 aromatic heterocycles. The van der Waals surface area contributed by atoms with Crippen molar-refractivity contribution in [1.82, 2.24) is 9.88 Å². The molecule has 124 valence electrons. The van der Waals surface area contributed by atoms with Gasteiger partial charge in [0.05, 0.1) is 19.3 Å². The molecule has 0 bridgehead atoms. The van der Waals surface area contributed by atoms with Crippen LogP contribution in [-0.2, 0) is 4.74 Å². The molecule has 0 aliphatic carbocycles. The first-order valence-electron chi connectivity index (χ1n) is 8.38. The van der Waals surface area contributed by atoms with Crippen LogP contribution in [0, 0.1) is 12.7 Å². The van der Waals surface area contributed by atoms with Crippen molar-refractivity contribution in [3.8, 4) is 0 Å². The average Bonchev–Trinajstić information content (AvgIpc) is 3.03. The van der Waals surface area contributed by atoms with Gasteiger partial charge in [-0.2, -0.15) is 0 Å². The second-order valence-electron chi connectivity index (χ2n) is 6.34. The Labute approximate surface area is 141 Å². The largest absolute Gasteiger partial charge is 0.379 e. The van der Waals surface area contributed by atoms with E-state index in [1.54, 1.807) is 12.1 Å². The van der Waals surface area contributed by atoms with Crippen LogP contribution in [0.4, 0.5) is 4.39 Å². The molecular formula is C20H21FN2O. The van der Waals surface area contributed by atoms with Crippen molar-refractivity contribution >= 4 is 10.9 Å². The van der Waals surface area contributed by atoms with Gasteiger partial charge in [-0.15, -0.1) is 0 Å². The Morgan fingerprint density at radius 1 is 1.08 bits per heavy atom. The van der Waals surface area contributed by atoms with Gasteiger partial charge in [0.15, 0.2) is 0 Å². The van der Waals surface area contributed by atoms with Crippen LogP contribution in [0.15, 0.2) is 48.7 Å². The Morgan fingerprint density at radius 2 is 1.83 bits per heavy atom. The van der Waals surface area contributed by atoms with Gasteiger partial charge in [0, 0.05) is 30.2 Å². The Bertz CT molecular complexity index is 834. The maximum Gasteiger partial charge on any atom is 0.123 e. The van der Waals surface area contributed by atoms with Crippen LogP contribution in [0.25, 0.3) is 10.9 Å². The number of aromatic nitrogens is 1. The number of fused-ring (bicyclic) bond motifs is 1. The van der Waals surface area contributed by atoms with Crippen molar-refractivity contribution in [2.24, 2.45) is 0 Å². The van der Waals surface area contributed by atoms with E-state index in [-0.39, 0.29) is 11.9 Å². The molecule has 4 heteroatoms. The predicted molar refractivity (Wildman–Crippen MR) is 93.7 cm³/mol. The molecular weight excluding hydrogens is 303 g/mol. The highest BCUT2D eigenvalue weighted by Crippen LogP contribution is 2.35. The normalized spacial score (nSPS) is 17.2. The number of H-pyrrole nitrogens is 1. The van der Waals surface area contributed by atoms with Crippen molar-refractivity contribution in [3.05, 3.63) is 71.2 Å². The summed E-state index contributed by atoms with van der Waals surface area (Å²) in [5.41, 5.74) is 4.76. The van der Waals surface area contributed by atoms with E-state index in [1.807, 2.05) is 12.1 Å². The fraction of sp³-hybridized carbons (Fsp3) is 0.300. The molecule has 1 aliphatic rings. The quantitative estimate of drug-likeness (QED) is 0.788. The van der Waals surface area contributed by atoms with Gasteiger partial charge in [0.25, 0.3) is 0 Å². The lowest BCUT2D eigenvalue weighted by atomic mass is 9.95. The standard InChI is InChI=1S/C20H21FN2O/c1-14-3-2-4-17-18(13-22-19(14)17)20(23-9-11-24-12-10-23)15-5-7-16(21)8-6-15/h2-8,13,20,22H,9-12H2,1H3. The predicted octanol–water partition coefficient (Wildman–Crippen LogP) is 4.04. The number of nitrogens with one attached hydrogen (secondary N) is 1. The van der Waals surface area contributed by atoms with Gasteiger partial charge in [0.1, 0.15) is 5.82 Å². The van der Waals surface area contributed by atoms with Crippen molar-refractivity contribution in [2.75, 3.05) is 26.3 Å². The van der Waals surface area contributed by atoms with Gasteiger partial charge in [-0.3, -0.25) is 4.90 Å². The smallest absolute Gasteiger partial charge is 0.123 e. The lowest BCUT2D eigenvalue weighted by Gasteiger charge is -2.34. The highest BCUT2D eigenvalue weighted by atomic mass is 19.1. The van der Waals surface area contributed by atoms with Crippen molar-refractivity contribution in [1.29, 1.82) is 0 Å². The second-order valence-corrected chi connectivity index (χ2v) is 6.34. The van der Waals surface area contributed by atoms with E-state index >= 15 is 0 Å².